The minimum atomic E-state index is -0.160. The van der Waals surface area contributed by atoms with Crippen molar-refractivity contribution in [3.05, 3.63) is 118 Å². The van der Waals surface area contributed by atoms with Crippen LogP contribution in [0.5, 0.6) is 0 Å². The molecule has 0 saturated heterocycles. The van der Waals surface area contributed by atoms with Crippen molar-refractivity contribution in [3.63, 3.8) is 0 Å². The number of hydrogen-bond donors (Lipinski definition) is 1. The van der Waals surface area contributed by atoms with E-state index in [1.54, 1.807) is 12.3 Å². The predicted octanol–water partition coefficient (Wildman–Crippen LogP) is 6.84. The zero-order valence-electron chi connectivity index (χ0n) is 18.2. The number of rotatable bonds is 6. The quantitative estimate of drug-likeness (QED) is 0.207. The lowest BCUT2D eigenvalue weighted by Gasteiger charge is -2.06. The third-order valence-corrected chi connectivity index (χ3v) is 6.52. The number of carbonyl (C=O) groups excluding carboxylic acids is 1. The van der Waals surface area contributed by atoms with Gasteiger partial charge in [-0.25, -0.2) is 5.43 Å². The van der Waals surface area contributed by atoms with Gasteiger partial charge in [0.25, 0.3) is 0 Å². The molecule has 1 heterocycles. The fourth-order valence-electron chi connectivity index (χ4n) is 4.18. The van der Waals surface area contributed by atoms with Crippen LogP contribution in [0.25, 0.3) is 21.7 Å². The molecule has 0 spiro atoms. The zero-order valence-corrected chi connectivity index (χ0v) is 19.7. The van der Waals surface area contributed by atoms with Crippen LogP contribution in [0.3, 0.4) is 0 Å². The van der Waals surface area contributed by atoms with E-state index in [9.17, 15) is 4.79 Å². The molecule has 0 radical (unpaired) electrons. The van der Waals surface area contributed by atoms with Gasteiger partial charge in [0.15, 0.2) is 0 Å². The molecule has 4 nitrogen and oxygen atoms in total. The van der Waals surface area contributed by atoms with Gasteiger partial charge in [-0.2, -0.15) is 5.10 Å². The molecule has 0 fully saturated rings. The van der Waals surface area contributed by atoms with Gasteiger partial charge in [0.2, 0.25) is 5.91 Å². The van der Waals surface area contributed by atoms with E-state index < -0.39 is 0 Å². The van der Waals surface area contributed by atoms with Crippen molar-refractivity contribution in [3.8, 4) is 0 Å². The number of halogens is 2. The second-order valence-electron chi connectivity index (χ2n) is 8.09. The molecule has 0 unspecified atom stereocenters. The third-order valence-electron chi connectivity index (χ3n) is 5.78. The van der Waals surface area contributed by atoms with Gasteiger partial charge in [-0.05, 0) is 40.1 Å². The van der Waals surface area contributed by atoms with E-state index in [1.807, 2.05) is 79.0 Å². The maximum atomic E-state index is 12.6. The fourth-order valence-corrected chi connectivity index (χ4v) is 4.50. The Balaban J connectivity index is 1.33. The Bertz CT molecular complexity index is 1530. The van der Waals surface area contributed by atoms with E-state index in [1.165, 1.54) is 0 Å². The second-order valence-corrected chi connectivity index (χ2v) is 8.90. The minimum absolute atomic E-state index is 0.160. The molecule has 1 N–H and O–H groups in total. The van der Waals surface area contributed by atoms with E-state index in [-0.39, 0.29) is 12.3 Å². The van der Waals surface area contributed by atoms with Crippen molar-refractivity contribution in [1.29, 1.82) is 0 Å². The van der Waals surface area contributed by atoms with Gasteiger partial charge in [0, 0.05) is 29.2 Å². The van der Waals surface area contributed by atoms with Crippen molar-refractivity contribution in [1.82, 2.24) is 9.99 Å². The number of hydrogen-bond acceptors (Lipinski definition) is 2. The van der Waals surface area contributed by atoms with Gasteiger partial charge in [0.05, 0.1) is 22.7 Å². The molecular weight excluding hydrogens is 465 g/mol. The summed E-state index contributed by atoms with van der Waals surface area (Å²) in [5.41, 5.74) is 6.67. The fraction of sp³-hybridized carbons (Fsp3) is 0.0714. The van der Waals surface area contributed by atoms with Gasteiger partial charge in [0.1, 0.15) is 0 Å². The topological polar surface area (TPSA) is 46.4 Å². The number of carbonyl (C=O) groups is 1. The van der Waals surface area contributed by atoms with E-state index in [0.29, 0.717) is 16.6 Å². The summed E-state index contributed by atoms with van der Waals surface area (Å²) >= 11 is 12.2. The number of hydrazone groups is 1. The molecular formula is C28H21Cl2N3O. The van der Waals surface area contributed by atoms with Crippen LogP contribution in [-0.2, 0) is 17.8 Å². The molecule has 0 aliphatic heterocycles. The molecule has 168 valence electrons. The maximum Gasteiger partial charge on any atom is 0.244 e. The Hall–Kier alpha value is -3.60. The van der Waals surface area contributed by atoms with Crippen molar-refractivity contribution in [2.45, 2.75) is 13.0 Å². The van der Waals surface area contributed by atoms with Crippen LogP contribution in [0.4, 0.5) is 0 Å². The van der Waals surface area contributed by atoms with Crippen LogP contribution in [0.1, 0.15) is 16.7 Å². The summed E-state index contributed by atoms with van der Waals surface area (Å²) in [6, 6.07) is 27.8. The zero-order chi connectivity index (χ0) is 23.5. The molecule has 1 aromatic heterocycles. The second kappa shape index (κ2) is 9.72. The van der Waals surface area contributed by atoms with E-state index in [0.717, 1.165) is 38.4 Å². The number of benzene rings is 4. The standard InChI is InChI=1S/C28H21Cl2N3O/c29-25-13-12-19(14-26(25)30)17-33-18-22(24-10-3-4-11-27(24)33)16-31-32-28(34)15-21-8-5-7-20-6-1-2-9-23(20)21/h1-14,16,18H,15,17H2,(H,32,34). The lowest BCUT2D eigenvalue weighted by molar-refractivity contribution is -0.120. The molecule has 0 aliphatic rings. The van der Waals surface area contributed by atoms with Crippen molar-refractivity contribution < 1.29 is 4.79 Å². The van der Waals surface area contributed by atoms with Gasteiger partial charge < -0.3 is 4.57 Å². The minimum Gasteiger partial charge on any atom is -0.342 e. The first-order chi connectivity index (χ1) is 16.6. The highest BCUT2D eigenvalue weighted by Crippen LogP contribution is 2.25. The summed E-state index contributed by atoms with van der Waals surface area (Å²) in [6.45, 7) is 0.638. The van der Waals surface area contributed by atoms with Crippen molar-refractivity contribution >= 4 is 57.0 Å². The Kier molecular flexibility index (Phi) is 6.35. The summed E-state index contributed by atoms with van der Waals surface area (Å²) in [4.78, 5) is 12.6. The molecule has 0 atom stereocenters. The van der Waals surface area contributed by atoms with Gasteiger partial charge in [-0.15, -0.1) is 0 Å². The summed E-state index contributed by atoms with van der Waals surface area (Å²) in [5, 5.41) is 8.55. The van der Waals surface area contributed by atoms with E-state index in [4.69, 9.17) is 23.2 Å². The van der Waals surface area contributed by atoms with Crippen molar-refractivity contribution in [2.75, 3.05) is 0 Å². The lowest BCUT2D eigenvalue weighted by Crippen LogP contribution is -2.19. The summed E-state index contributed by atoms with van der Waals surface area (Å²) in [6.07, 6.45) is 3.97. The van der Waals surface area contributed by atoms with Crippen molar-refractivity contribution in [2.24, 2.45) is 5.10 Å². The molecule has 5 rings (SSSR count). The Labute approximate surface area is 207 Å². The van der Waals surface area contributed by atoms with Gasteiger partial charge >= 0.3 is 0 Å². The number of nitrogens with one attached hydrogen (secondary N) is 1. The molecule has 0 aliphatic carbocycles. The first-order valence-corrected chi connectivity index (χ1v) is 11.6. The number of fused-ring (bicyclic) bond motifs is 2. The highest BCUT2D eigenvalue weighted by molar-refractivity contribution is 6.42. The predicted molar refractivity (Wildman–Crippen MR) is 141 cm³/mol. The number of aromatic nitrogens is 1. The molecule has 5 aromatic rings. The molecule has 1 amide bonds. The largest absolute Gasteiger partial charge is 0.342 e. The SMILES string of the molecule is O=C(Cc1cccc2ccccc12)NN=Cc1cn(Cc2ccc(Cl)c(Cl)c2)c2ccccc12. The summed E-state index contributed by atoms with van der Waals surface area (Å²) < 4.78 is 2.13. The van der Waals surface area contributed by atoms with Crippen LogP contribution in [0.15, 0.2) is 96.2 Å². The van der Waals surface area contributed by atoms with Gasteiger partial charge in [-0.1, -0.05) is 89.9 Å². The Morgan fingerprint density at radius 1 is 0.882 bits per heavy atom. The lowest BCUT2D eigenvalue weighted by atomic mass is 10.0. The Morgan fingerprint density at radius 2 is 1.65 bits per heavy atom. The number of amides is 1. The van der Waals surface area contributed by atoms with E-state index >= 15 is 0 Å². The van der Waals surface area contributed by atoms with Crippen LogP contribution in [-0.4, -0.2) is 16.7 Å². The summed E-state index contributed by atoms with van der Waals surface area (Å²) in [5.74, 6) is -0.160. The average molecular weight is 486 g/mol. The van der Waals surface area contributed by atoms with Crippen LogP contribution < -0.4 is 5.43 Å². The van der Waals surface area contributed by atoms with Crippen LogP contribution >= 0.6 is 23.2 Å². The smallest absolute Gasteiger partial charge is 0.244 e. The molecule has 34 heavy (non-hydrogen) atoms. The van der Waals surface area contributed by atoms with E-state index in [2.05, 4.69) is 21.2 Å². The normalized spacial score (nSPS) is 11.5. The number of nitrogens with zero attached hydrogens (tertiary/aromatic N) is 2. The van der Waals surface area contributed by atoms with Crippen LogP contribution in [0.2, 0.25) is 10.0 Å². The average Bonchev–Trinajstić information content (AvgIpc) is 3.19. The summed E-state index contributed by atoms with van der Waals surface area (Å²) in [7, 11) is 0. The monoisotopic (exact) mass is 485 g/mol. The Morgan fingerprint density at radius 3 is 2.50 bits per heavy atom. The molecule has 0 saturated carbocycles. The highest BCUT2D eigenvalue weighted by Gasteiger charge is 2.09. The van der Waals surface area contributed by atoms with Gasteiger partial charge in [-0.3, -0.25) is 4.79 Å². The number of para-hydroxylation sites is 1. The third kappa shape index (κ3) is 4.69. The van der Waals surface area contributed by atoms with Crippen LogP contribution in [0, 0.1) is 0 Å². The molecule has 0 bridgehead atoms. The highest BCUT2D eigenvalue weighted by atomic mass is 35.5. The first kappa shape index (κ1) is 22.2. The first-order valence-electron chi connectivity index (χ1n) is 10.9. The molecule has 6 heteroatoms. The molecule has 4 aromatic carbocycles. The maximum absolute atomic E-state index is 12.6.